The summed E-state index contributed by atoms with van der Waals surface area (Å²) >= 11 is 0. The van der Waals surface area contributed by atoms with Gasteiger partial charge in [-0.3, -0.25) is 9.59 Å². The van der Waals surface area contributed by atoms with Crippen LogP contribution in [0, 0.1) is 13.8 Å². The predicted octanol–water partition coefficient (Wildman–Crippen LogP) is 0.258. The van der Waals surface area contributed by atoms with Gasteiger partial charge in [0.05, 0.1) is 19.6 Å². The van der Waals surface area contributed by atoms with Gasteiger partial charge in [-0.05, 0) is 25.0 Å². The van der Waals surface area contributed by atoms with Crippen LogP contribution < -0.4 is 22.4 Å². The Bertz CT molecular complexity index is 1170. The molecule has 10 heteroatoms. The Balaban J connectivity index is 2.26. The van der Waals surface area contributed by atoms with E-state index < -0.39 is 35.4 Å². The van der Waals surface area contributed by atoms with Crippen LogP contribution in [0.4, 0.5) is 5.69 Å². The van der Waals surface area contributed by atoms with Gasteiger partial charge in [0.15, 0.2) is 0 Å². The minimum Gasteiger partial charge on any atom is -0.335 e. The number of aryl methyl sites for hydroxylation is 2. The van der Waals surface area contributed by atoms with E-state index in [1.165, 1.54) is 19.2 Å². The fourth-order valence-electron chi connectivity index (χ4n) is 3.14. The maximum Gasteiger partial charge on any atom is 0.337 e. The molecule has 2 aromatic rings. The zero-order chi connectivity index (χ0) is 24.0. The molecule has 2 rings (SSSR count). The van der Waals surface area contributed by atoms with E-state index in [0.29, 0.717) is 10.3 Å². The van der Waals surface area contributed by atoms with Crippen LogP contribution in [0.1, 0.15) is 11.1 Å². The van der Waals surface area contributed by atoms with Gasteiger partial charge < -0.3 is 10.2 Å². The normalized spacial score (nSPS) is 10.5. The molecule has 0 atom stereocenters. The van der Waals surface area contributed by atoms with E-state index in [0.717, 1.165) is 25.2 Å². The number of anilines is 1. The highest BCUT2D eigenvalue weighted by Crippen LogP contribution is 2.19. The summed E-state index contributed by atoms with van der Waals surface area (Å²) in [7, 11) is 1.39. The number of allylic oxidation sites excluding steroid dienone is 2. The number of rotatable bonds is 9. The van der Waals surface area contributed by atoms with Gasteiger partial charge in [-0.1, -0.05) is 30.4 Å². The van der Waals surface area contributed by atoms with Crippen molar-refractivity contribution in [2.75, 3.05) is 18.9 Å². The Labute approximate surface area is 184 Å². The van der Waals surface area contributed by atoms with Crippen LogP contribution in [0.2, 0.25) is 0 Å². The average molecular weight is 441 g/mol. The van der Waals surface area contributed by atoms with Gasteiger partial charge in [-0.15, -0.1) is 13.2 Å². The lowest BCUT2D eigenvalue weighted by molar-refractivity contribution is -0.134. The largest absolute Gasteiger partial charge is 0.337 e. The average Bonchev–Trinajstić information content (AvgIpc) is 2.74. The Morgan fingerprint density at radius 3 is 1.88 bits per heavy atom. The number of likely N-dealkylation sites (N-methyl/N-ethyl adjacent to an activating group) is 1. The lowest BCUT2D eigenvalue weighted by atomic mass is 10.1. The van der Waals surface area contributed by atoms with E-state index in [-0.39, 0.29) is 19.6 Å². The minimum absolute atomic E-state index is 0.128. The molecule has 0 aliphatic carbocycles. The zero-order valence-corrected chi connectivity index (χ0v) is 18.5. The Morgan fingerprint density at radius 1 is 0.938 bits per heavy atom. The molecule has 0 unspecified atom stereocenters. The number of aromatic nitrogens is 3. The maximum atomic E-state index is 12.7. The third-order valence-corrected chi connectivity index (χ3v) is 4.85. The van der Waals surface area contributed by atoms with Crippen LogP contribution in [0.5, 0.6) is 0 Å². The molecule has 1 aromatic heterocycles. The number of benzene rings is 1. The summed E-state index contributed by atoms with van der Waals surface area (Å²) in [5.41, 5.74) is -0.246. The summed E-state index contributed by atoms with van der Waals surface area (Å²) in [5, 5.41) is 2.78. The number of amides is 2. The number of nitrogens with one attached hydrogen (secondary N) is 1. The van der Waals surface area contributed by atoms with Gasteiger partial charge in [0, 0.05) is 12.7 Å². The molecule has 0 bridgehead atoms. The summed E-state index contributed by atoms with van der Waals surface area (Å²) in [5.74, 6) is -1.07. The highest BCUT2D eigenvalue weighted by Gasteiger charge is 2.20. The highest BCUT2D eigenvalue weighted by atomic mass is 16.2. The number of nitrogens with zero attached hydrogens (tertiary/aromatic N) is 4. The van der Waals surface area contributed by atoms with Crippen LogP contribution in [-0.4, -0.2) is 44.0 Å². The van der Waals surface area contributed by atoms with Gasteiger partial charge in [-0.25, -0.2) is 28.1 Å². The van der Waals surface area contributed by atoms with Crippen LogP contribution in [0.25, 0.3) is 0 Å². The topological polar surface area (TPSA) is 115 Å². The first-order valence-electron chi connectivity index (χ1n) is 9.88. The Kier molecular flexibility index (Phi) is 7.89. The first-order valence-corrected chi connectivity index (χ1v) is 9.88. The zero-order valence-electron chi connectivity index (χ0n) is 18.5. The molecule has 0 saturated heterocycles. The van der Waals surface area contributed by atoms with Crippen molar-refractivity contribution in [3.63, 3.8) is 0 Å². The predicted molar refractivity (Wildman–Crippen MR) is 122 cm³/mol. The summed E-state index contributed by atoms with van der Waals surface area (Å²) in [6.45, 7) is 9.55. The third-order valence-electron chi connectivity index (χ3n) is 4.85. The van der Waals surface area contributed by atoms with Gasteiger partial charge in [0.2, 0.25) is 11.8 Å². The molecule has 1 aromatic carbocycles. The van der Waals surface area contributed by atoms with E-state index >= 15 is 0 Å². The van der Waals surface area contributed by atoms with Crippen molar-refractivity contribution < 1.29 is 9.59 Å². The molecular formula is C22H27N5O5. The van der Waals surface area contributed by atoms with Gasteiger partial charge in [0.25, 0.3) is 0 Å². The highest BCUT2D eigenvalue weighted by molar-refractivity contribution is 5.95. The van der Waals surface area contributed by atoms with Crippen molar-refractivity contribution in [2.45, 2.75) is 33.5 Å². The number of carbonyl (C=O) groups excluding carboxylic acids is 2. The molecule has 32 heavy (non-hydrogen) atoms. The molecule has 0 spiro atoms. The van der Waals surface area contributed by atoms with Gasteiger partial charge in [0.1, 0.15) is 6.54 Å². The van der Waals surface area contributed by atoms with Crippen molar-refractivity contribution in [3.8, 4) is 0 Å². The standard InChI is InChI=1S/C22H27N5O5/c1-6-11-25-20(30)26(12-7-2)22(32)27(21(25)31)14-18(29)24(5)13-17(28)23-19-15(3)9-8-10-16(19)4/h6-10H,1-2,11-14H2,3-5H3,(H,23,28). The number of hydrogen-bond acceptors (Lipinski definition) is 5. The van der Waals surface area contributed by atoms with Gasteiger partial charge in [-0.2, -0.15) is 0 Å². The molecule has 0 radical (unpaired) electrons. The van der Waals surface area contributed by atoms with Crippen LogP contribution in [0.15, 0.2) is 57.9 Å². The fraction of sp³-hybridized carbons (Fsp3) is 0.318. The van der Waals surface area contributed by atoms with Crippen molar-refractivity contribution in [2.24, 2.45) is 0 Å². The van der Waals surface area contributed by atoms with Crippen molar-refractivity contribution in [1.82, 2.24) is 18.6 Å². The molecule has 170 valence electrons. The first kappa shape index (κ1) is 24.3. The van der Waals surface area contributed by atoms with Crippen molar-refractivity contribution >= 4 is 17.5 Å². The molecule has 0 fully saturated rings. The fourth-order valence-corrected chi connectivity index (χ4v) is 3.14. The molecule has 0 aliphatic heterocycles. The molecule has 10 nitrogen and oxygen atoms in total. The van der Waals surface area contributed by atoms with E-state index in [2.05, 4.69) is 18.5 Å². The van der Waals surface area contributed by atoms with Crippen molar-refractivity contribution in [3.05, 3.63) is 86.1 Å². The van der Waals surface area contributed by atoms with E-state index in [4.69, 9.17) is 0 Å². The number of hydrogen-bond donors (Lipinski definition) is 1. The summed E-state index contributed by atoms with van der Waals surface area (Å²) < 4.78 is 2.27. The van der Waals surface area contributed by atoms with E-state index in [1.54, 1.807) is 0 Å². The monoisotopic (exact) mass is 441 g/mol. The third kappa shape index (κ3) is 5.20. The molecule has 0 saturated carbocycles. The SMILES string of the molecule is C=CCn1c(=O)n(CC=C)c(=O)n(CC(=O)N(C)CC(=O)Nc2c(C)cccc2C)c1=O. The second-order valence-corrected chi connectivity index (χ2v) is 7.30. The number of para-hydroxylation sites is 1. The van der Waals surface area contributed by atoms with E-state index in [1.807, 2.05) is 32.0 Å². The van der Waals surface area contributed by atoms with Crippen LogP contribution in [-0.2, 0) is 29.2 Å². The van der Waals surface area contributed by atoms with Crippen LogP contribution >= 0.6 is 0 Å². The lowest BCUT2D eigenvalue weighted by Gasteiger charge is -2.19. The first-order chi connectivity index (χ1) is 15.1. The second kappa shape index (κ2) is 10.4. The Morgan fingerprint density at radius 2 is 1.41 bits per heavy atom. The van der Waals surface area contributed by atoms with E-state index in [9.17, 15) is 24.0 Å². The summed E-state index contributed by atoms with van der Waals surface area (Å²) in [4.78, 5) is 63.9. The Hall–Kier alpha value is -3.95. The van der Waals surface area contributed by atoms with Crippen molar-refractivity contribution in [1.29, 1.82) is 0 Å². The molecular weight excluding hydrogens is 414 g/mol. The van der Waals surface area contributed by atoms with Crippen LogP contribution in [0.3, 0.4) is 0 Å². The van der Waals surface area contributed by atoms with Gasteiger partial charge >= 0.3 is 17.1 Å². The lowest BCUT2D eigenvalue weighted by Crippen LogP contribution is -2.55. The molecule has 0 aliphatic rings. The molecule has 1 heterocycles. The maximum absolute atomic E-state index is 12.7. The minimum atomic E-state index is -0.929. The molecule has 1 N–H and O–H groups in total. The molecule has 2 amide bonds. The quantitative estimate of drug-likeness (QED) is 0.561. The number of carbonyl (C=O) groups is 2. The summed E-state index contributed by atoms with van der Waals surface area (Å²) in [6, 6.07) is 5.59. The summed E-state index contributed by atoms with van der Waals surface area (Å²) in [6.07, 6.45) is 2.67. The smallest absolute Gasteiger partial charge is 0.335 e. The second-order valence-electron chi connectivity index (χ2n) is 7.30.